The number of nitrogens with two attached hydrogens (primary N) is 1. The second-order valence-corrected chi connectivity index (χ2v) is 5.83. The molecule has 7 heteroatoms. The van der Waals surface area contributed by atoms with Gasteiger partial charge >= 0.3 is 0 Å². The molecule has 0 aromatic heterocycles. The van der Waals surface area contributed by atoms with Gasteiger partial charge in [0.1, 0.15) is 11.2 Å². The Labute approximate surface area is 145 Å². The van der Waals surface area contributed by atoms with Crippen LogP contribution in [0.1, 0.15) is 23.2 Å². The van der Waals surface area contributed by atoms with Crippen LogP contribution in [0.2, 0.25) is 0 Å². The van der Waals surface area contributed by atoms with Crippen LogP contribution in [-0.4, -0.2) is 24.6 Å². The maximum absolute atomic E-state index is 12.7. The number of carbonyl (C=O) groups excluding carboxylic acids is 1. The molecule has 1 aromatic rings. The van der Waals surface area contributed by atoms with Crippen LogP contribution in [0, 0.1) is 44.8 Å². The highest BCUT2D eigenvalue weighted by molar-refractivity contribution is 5.97. The molecule has 0 fully saturated rings. The predicted octanol–water partition coefficient (Wildman–Crippen LogP) is 1.42. The molecule has 1 aromatic carbocycles. The van der Waals surface area contributed by atoms with Gasteiger partial charge in [0, 0.05) is 24.1 Å². The molecular weight excluding hydrogens is 320 g/mol. The molecule has 7 nitrogen and oxygen atoms in total. The van der Waals surface area contributed by atoms with Crippen molar-refractivity contribution in [1.29, 1.82) is 15.8 Å². The van der Waals surface area contributed by atoms with Crippen LogP contribution in [-0.2, 0) is 0 Å². The van der Waals surface area contributed by atoms with Gasteiger partial charge < -0.3 is 15.6 Å². The number of hydrogen-bond donors (Lipinski definition) is 2. The number of ketones is 1. The molecular formula is C18H16N4O3. The van der Waals surface area contributed by atoms with Crippen molar-refractivity contribution in [2.24, 2.45) is 16.6 Å². The summed E-state index contributed by atoms with van der Waals surface area (Å²) in [6.07, 6.45) is -0.585. The van der Waals surface area contributed by atoms with E-state index in [9.17, 15) is 25.7 Å². The van der Waals surface area contributed by atoms with Crippen molar-refractivity contribution >= 4 is 5.78 Å². The van der Waals surface area contributed by atoms with Crippen molar-refractivity contribution in [2.45, 2.75) is 12.8 Å². The average molecular weight is 336 g/mol. The molecule has 1 aliphatic rings. The van der Waals surface area contributed by atoms with Crippen LogP contribution in [0.5, 0.6) is 5.75 Å². The number of hydrogen-bond acceptors (Lipinski definition) is 7. The summed E-state index contributed by atoms with van der Waals surface area (Å²) in [4.78, 5) is 12.7. The fourth-order valence-electron chi connectivity index (χ4n) is 3.09. The lowest BCUT2D eigenvalue weighted by Gasteiger charge is -2.31. The van der Waals surface area contributed by atoms with E-state index in [2.05, 4.69) is 0 Å². The fourth-order valence-corrected chi connectivity index (χ4v) is 3.09. The second-order valence-electron chi connectivity index (χ2n) is 5.83. The number of aliphatic hydroxyl groups excluding tert-OH is 1. The highest BCUT2D eigenvalue weighted by Crippen LogP contribution is 2.55. The van der Waals surface area contributed by atoms with E-state index in [4.69, 9.17) is 10.5 Å². The first-order valence-corrected chi connectivity index (χ1v) is 7.43. The molecule has 1 atom stereocenters. The lowest BCUT2D eigenvalue weighted by molar-refractivity contribution is 0.0924. The molecule has 0 spiro atoms. The first-order chi connectivity index (χ1) is 11.9. The van der Waals surface area contributed by atoms with Gasteiger partial charge in [0.25, 0.3) is 0 Å². The van der Waals surface area contributed by atoms with Crippen LogP contribution < -0.4 is 10.5 Å². The maximum atomic E-state index is 12.7. The normalized spacial score (nSPS) is 21.1. The molecule has 1 aliphatic carbocycles. The average Bonchev–Trinajstić information content (AvgIpc) is 2.90. The quantitative estimate of drug-likeness (QED) is 0.773. The summed E-state index contributed by atoms with van der Waals surface area (Å²) in [6, 6.07) is 11.9. The monoisotopic (exact) mass is 336 g/mol. The largest absolute Gasteiger partial charge is 0.497 e. The number of carbonyl (C=O) groups is 1. The van der Waals surface area contributed by atoms with Crippen LogP contribution in [0.4, 0.5) is 0 Å². The second kappa shape index (κ2) is 6.65. The molecule has 0 amide bonds. The van der Waals surface area contributed by atoms with Gasteiger partial charge in [0.15, 0.2) is 11.2 Å². The number of methoxy groups -OCH3 is 1. The number of Topliss-reactive ketones (excluding diaryl/α,β-unsaturated/α-hetero) is 1. The van der Waals surface area contributed by atoms with Gasteiger partial charge in [-0.2, -0.15) is 15.8 Å². The highest BCUT2D eigenvalue weighted by Gasteiger charge is 2.61. The molecule has 0 aliphatic heterocycles. The highest BCUT2D eigenvalue weighted by atomic mass is 16.5. The Morgan fingerprint density at radius 1 is 1.24 bits per heavy atom. The zero-order valence-corrected chi connectivity index (χ0v) is 13.6. The van der Waals surface area contributed by atoms with Gasteiger partial charge in [0.05, 0.1) is 31.9 Å². The maximum Gasteiger partial charge on any atom is 0.172 e. The molecule has 3 N–H and O–H groups in total. The van der Waals surface area contributed by atoms with Crippen molar-refractivity contribution < 1.29 is 14.6 Å². The van der Waals surface area contributed by atoms with Gasteiger partial charge in [-0.05, 0) is 29.8 Å². The Morgan fingerprint density at radius 2 is 1.84 bits per heavy atom. The zero-order valence-electron chi connectivity index (χ0n) is 13.6. The minimum atomic E-state index is -1.81. The number of benzene rings is 1. The summed E-state index contributed by atoms with van der Waals surface area (Å²) in [5, 5.41) is 38.3. The van der Waals surface area contributed by atoms with E-state index in [0.717, 1.165) is 0 Å². The van der Waals surface area contributed by atoms with Crippen LogP contribution in [0.25, 0.3) is 0 Å². The van der Waals surface area contributed by atoms with Crippen molar-refractivity contribution in [2.75, 3.05) is 13.7 Å². The summed E-state index contributed by atoms with van der Waals surface area (Å²) in [5.74, 6) is 0.138. The third kappa shape index (κ3) is 2.59. The minimum absolute atomic E-state index is 0.0672. The summed E-state index contributed by atoms with van der Waals surface area (Å²) in [5.41, 5.74) is 2.87. The molecule has 0 saturated heterocycles. The summed E-state index contributed by atoms with van der Waals surface area (Å²) < 4.78 is 5.03. The summed E-state index contributed by atoms with van der Waals surface area (Å²) in [6.45, 7) is -0.475. The third-order valence-corrected chi connectivity index (χ3v) is 4.65. The molecule has 2 rings (SSSR count). The Kier molecular flexibility index (Phi) is 4.79. The topological polar surface area (TPSA) is 144 Å². The van der Waals surface area contributed by atoms with Gasteiger partial charge in [-0.1, -0.05) is 0 Å². The lowest BCUT2D eigenvalue weighted by atomic mass is 9.63. The first-order valence-electron chi connectivity index (χ1n) is 7.43. The Bertz CT molecular complexity index is 838. The molecule has 0 saturated carbocycles. The van der Waals surface area contributed by atoms with E-state index >= 15 is 0 Å². The van der Waals surface area contributed by atoms with E-state index in [1.807, 2.05) is 18.2 Å². The van der Waals surface area contributed by atoms with E-state index in [0.29, 0.717) is 11.3 Å². The van der Waals surface area contributed by atoms with E-state index < -0.39 is 29.6 Å². The molecule has 0 radical (unpaired) electrons. The van der Waals surface area contributed by atoms with Gasteiger partial charge in [-0.25, -0.2) is 0 Å². The number of allylic oxidation sites excluding steroid dienone is 1. The Balaban J connectivity index is 2.49. The van der Waals surface area contributed by atoms with Crippen LogP contribution in [0.15, 0.2) is 35.5 Å². The van der Waals surface area contributed by atoms with Gasteiger partial charge in [-0.3, -0.25) is 4.79 Å². The molecule has 1 unspecified atom stereocenters. The molecule has 25 heavy (non-hydrogen) atoms. The van der Waals surface area contributed by atoms with E-state index in [1.165, 1.54) is 19.2 Å². The Morgan fingerprint density at radius 3 is 2.28 bits per heavy atom. The van der Waals surface area contributed by atoms with E-state index in [-0.39, 0.29) is 17.7 Å². The number of nitrogens with zero attached hydrogens (tertiary/aromatic N) is 3. The Hall–Kier alpha value is -3.34. The third-order valence-electron chi connectivity index (χ3n) is 4.65. The standard InChI is InChI=1S/C18H16N4O3/c1-25-14-4-2-12(3-5-14)15(24)7-18(11-21)16(22)13(8-23)6-17(18,9-19)10-20/h2-5,23H,6-8,22H2,1H3. The molecule has 126 valence electrons. The SMILES string of the molecule is COc1ccc(C(=O)CC2(C#N)C(N)=C(CO)CC2(C#N)C#N)cc1. The first kappa shape index (κ1) is 18.0. The van der Waals surface area contributed by atoms with Crippen molar-refractivity contribution in [3.63, 3.8) is 0 Å². The lowest BCUT2D eigenvalue weighted by Crippen LogP contribution is -2.41. The van der Waals surface area contributed by atoms with Crippen molar-refractivity contribution in [3.05, 3.63) is 41.1 Å². The van der Waals surface area contributed by atoms with Crippen LogP contribution >= 0.6 is 0 Å². The minimum Gasteiger partial charge on any atom is -0.497 e. The van der Waals surface area contributed by atoms with Gasteiger partial charge in [0.2, 0.25) is 0 Å². The molecule has 0 heterocycles. The number of nitriles is 3. The van der Waals surface area contributed by atoms with E-state index in [1.54, 1.807) is 12.1 Å². The van der Waals surface area contributed by atoms with Crippen molar-refractivity contribution in [1.82, 2.24) is 0 Å². The van der Waals surface area contributed by atoms with Crippen molar-refractivity contribution in [3.8, 4) is 24.0 Å². The number of rotatable bonds is 5. The number of ether oxygens (including phenoxy) is 1. The fraction of sp³-hybridized carbons (Fsp3) is 0.333. The number of aliphatic hydroxyl groups is 1. The molecule has 0 bridgehead atoms. The predicted molar refractivity (Wildman–Crippen MR) is 86.6 cm³/mol. The summed E-state index contributed by atoms with van der Waals surface area (Å²) >= 11 is 0. The van der Waals surface area contributed by atoms with Crippen LogP contribution in [0.3, 0.4) is 0 Å². The summed E-state index contributed by atoms with van der Waals surface area (Å²) in [7, 11) is 1.50. The zero-order chi connectivity index (χ0) is 18.7. The smallest absolute Gasteiger partial charge is 0.172 e. The van der Waals surface area contributed by atoms with Gasteiger partial charge in [-0.15, -0.1) is 0 Å².